The maximum atomic E-state index is 14.7. The van der Waals surface area contributed by atoms with Gasteiger partial charge >= 0.3 is 0 Å². The Balaban J connectivity index is 1.31. The van der Waals surface area contributed by atoms with Crippen LogP contribution < -0.4 is 30.9 Å². The van der Waals surface area contributed by atoms with Gasteiger partial charge in [0.25, 0.3) is 33.4 Å². The lowest BCUT2D eigenvalue weighted by Crippen LogP contribution is -2.59. The Labute approximate surface area is 427 Å². The zero-order valence-corrected chi connectivity index (χ0v) is 42.8. The molecule has 3 aromatic rings. The second-order valence-corrected chi connectivity index (χ2v) is 21.0. The van der Waals surface area contributed by atoms with E-state index in [1.165, 1.54) is 24.7 Å². The molecule has 2 unspecified atom stereocenters. The Hall–Kier alpha value is -7.02. The fourth-order valence-electron chi connectivity index (χ4n) is 8.94. The van der Waals surface area contributed by atoms with Crippen LogP contribution in [0.4, 0.5) is 20.2 Å². The van der Waals surface area contributed by atoms with Crippen LogP contribution in [-0.2, 0) is 50.1 Å². The summed E-state index contributed by atoms with van der Waals surface area (Å²) in [6.45, 7) is 10.7. The monoisotopic (exact) mass is 1050 g/mol. The largest absolute Gasteiger partial charge is 0.372 e. The fourth-order valence-corrected chi connectivity index (χ4v) is 9.94. The first-order chi connectivity index (χ1) is 35.0. The van der Waals surface area contributed by atoms with Gasteiger partial charge in [0, 0.05) is 50.9 Å². The zero-order chi connectivity index (χ0) is 54.4. The van der Waals surface area contributed by atoms with Crippen molar-refractivity contribution in [2.45, 2.75) is 122 Å². The number of amides is 6. The number of nitrogens with one attached hydrogen (secondary N) is 5. The number of sulfonamides is 1. The summed E-state index contributed by atoms with van der Waals surface area (Å²) in [6.07, 6.45) is -0.422. The highest BCUT2D eigenvalue weighted by Crippen LogP contribution is 2.35. The van der Waals surface area contributed by atoms with Gasteiger partial charge in [-0.1, -0.05) is 78.3 Å². The van der Waals surface area contributed by atoms with Gasteiger partial charge in [0.05, 0.1) is 35.3 Å². The SMILES string of the molecule is CC[C@@H](C)[C@H](NC(=O)[C@H](CC(C)C)NC(=O)c1cnccn1)C(=O)N1C[C@H](OCc2ccccc2)C[C@H]1C(=O)N[C@@H](CC(F)F)C(=O)C(=O)NCC(=O)NS(=O)(=O)c1ccc(N2CC(C)CC(C)C2)c([N+](=O)[O-])c1. The number of hydrogen-bond acceptors (Lipinski definition) is 15. The lowest BCUT2D eigenvalue weighted by atomic mass is 9.91. The molecule has 0 spiro atoms. The Morgan fingerprint density at radius 3 is 2.19 bits per heavy atom. The predicted molar refractivity (Wildman–Crippen MR) is 263 cm³/mol. The van der Waals surface area contributed by atoms with Crippen molar-refractivity contribution in [1.29, 1.82) is 0 Å². The van der Waals surface area contributed by atoms with Crippen LogP contribution in [0.25, 0.3) is 0 Å². The van der Waals surface area contributed by atoms with Crippen molar-refractivity contribution >= 4 is 62.6 Å². The van der Waals surface area contributed by atoms with Crippen LogP contribution in [0.2, 0.25) is 0 Å². The third-order valence-corrected chi connectivity index (χ3v) is 14.0. The van der Waals surface area contributed by atoms with Crippen LogP contribution in [0.5, 0.6) is 0 Å². The summed E-state index contributed by atoms with van der Waals surface area (Å²) in [6, 6.07) is 5.86. The van der Waals surface area contributed by atoms with Gasteiger partial charge in [0.15, 0.2) is 0 Å². The third kappa shape index (κ3) is 16.0. The number of aromatic nitrogens is 2. The van der Waals surface area contributed by atoms with Crippen LogP contribution >= 0.6 is 0 Å². The van der Waals surface area contributed by atoms with Gasteiger partial charge in [-0.2, -0.15) is 0 Å². The minimum absolute atomic E-state index is 0.0427. The maximum absolute atomic E-state index is 14.7. The minimum atomic E-state index is -4.79. The number of rotatable bonds is 24. The van der Waals surface area contributed by atoms with Crippen molar-refractivity contribution in [2.75, 3.05) is 31.1 Å². The molecular weight excluding hydrogens is 991 g/mol. The molecule has 0 bridgehead atoms. The number of piperidine rings is 1. The molecule has 22 nitrogen and oxygen atoms in total. The van der Waals surface area contributed by atoms with Crippen molar-refractivity contribution in [3.05, 3.63) is 88.5 Å². The number of benzene rings is 2. The van der Waals surface area contributed by atoms with Gasteiger partial charge in [0.1, 0.15) is 35.5 Å². The third-order valence-electron chi connectivity index (χ3n) is 12.7. The lowest BCUT2D eigenvalue weighted by Gasteiger charge is -2.36. The van der Waals surface area contributed by atoms with Gasteiger partial charge in [-0.05, 0) is 54.2 Å². The molecule has 8 atom stereocenters. The number of hydrogen-bond donors (Lipinski definition) is 5. The van der Waals surface area contributed by atoms with E-state index in [0.29, 0.717) is 19.5 Å². The summed E-state index contributed by atoms with van der Waals surface area (Å²) < 4.78 is 62.4. The van der Waals surface area contributed by atoms with E-state index in [9.17, 15) is 60.9 Å². The second-order valence-electron chi connectivity index (χ2n) is 19.3. The van der Waals surface area contributed by atoms with E-state index in [1.807, 2.05) is 33.0 Å². The zero-order valence-electron chi connectivity index (χ0n) is 42.0. The number of halogens is 2. The molecule has 2 aliphatic heterocycles. The molecule has 5 N–H and O–H groups in total. The standard InChI is InChI=1S/C49H64F2N10O12S/c1-7-31(6)43(57-45(64)36(17-28(2)3)56-46(65)37-22-52-15-16-53-37)49(68)60-26-33(73-27-32-11-9-8-10-12-32)19-40(60)47(66)55-35(21-41(50)51)44(63)48(67)54-23-42(62)58-74(71,72)34-13-14-38(39(20-34)61(69)70)59-24-29(4)18-30(5)25-59/h8-16,20,22,28-31,33,35-36,40-41,43H,7,17-19,21,23-27H2,1-6H3,(H,54,67)(H,55,66)(H,56,65)(H,57,64)(H,58,62)/t29?,30?,31-,33-,35+,36+,40+,43+/m1/s1. The van der Waals surface area contributed by atoms with Crippen molar-refractivity contribution in [3.8, 4) is 0 Å². The summed E-state index contributed by atoms with van der Waals surface area (Å²) in [5, 5.41) is 21.5. The average molecular weight is 1060 g/mol. The first kappa shape index (κ1) is 57.9. The smallest absolute Gasteiger partial charge is 0.293 e. The van der Waals surface area contributed by atoms with Gasteiger partial charge in [-0.15, -0.1) is 0 Å². The molecule has 402 valence electrons. The topological polar surface area (TPSA) is 298 Å². The quantitative estimate of drug-likeness (QED) is 0.0489. The lowest BCUT2D eigenvalue weighted by molar-refractivity contribution is -0.384. The Morgan fingerprint density at radius 1 is 0.892 bits per heavy atom. The molecule has 0 saturated carbocycles. The van der Waals surface area contributed by atoms with E-state index in [-0.39, 0.29) is 55.1 Å². The molecule has 1 aromatic heterocycles. The highest BCUT2D eigenvalue weighted by atomic mass is 32.2. The number of anilines is 1. The molecule has 3 heterocycles. The van der Waals surface area contributed by atoms with Crippen LogP contribution in [0.3, 0.4) is 0 Å². The number of carbonyl (C=O) groups is 7. The maximum Gasteiger partial charge on any atom is 0.293 e. The van der Waals surface area contributed by atoms with E-state index in [0.717, 1.165) is 29.0 Å². The number of nitro groups is 1. The van der Waals surface area contributed by atoms with Crippen LogP contribution in [0.15, 0.2) is 72.0 Å². The molecular formula is C49H64F2N10O12S. The normalized spacial score (nSPS) is 19.4. The summed E-state index contributed by atoms with van der Waals surface area (Å²) in [5.41, 5.74) is 0.354. The molecule has 2 aromatic carbocycles. The van der Waals surface area contributed by atoms with Crippen molar-refractivity contribution in [1.82, 2.24) is 40.9 Å². The van der Waals surface area contributed by atoms with Gasteiger partial charge in [0.2, 0.25) is 29.9 Å². The van der Waals surface area contributed by atoms with Crippen LogP contribution in [-0.4, -0.2) is 132 Å². The highest BCUT2D eigenvalue weighted by Gasteiger charge is 2.45. The van der Waals surface area contributed by atoms with Crippen molar-refractivity contribution in [3.63, 3.8) is 0 Å². The summed E-state index contributed by atoms with van der Waals surface area (Å²) >= 11 is 0. The molecule has 6 amide bonds. The molecule has 5 rings (SSSR count). The number of alkyl halides is 2. The van der Waals surface area contributed by atoms with E-state index in [4.69, 9.17) is 4.74 Å². The number of carbonyl (C=O) groups excluding carboxylic acids is 7. The highest BCUT2D eigenvalue weighted by molar-refractivity contribution is 7.90. The van der Waals surface area contributed by atoms with Crippen LogP contribution in [0.1, 0.15) is 89.7 Å². The number of likely N-dealkylation sites (tertiary alicyclic amines) is 1. The van der Waals surface area contributed by atoms with Crippen LogP contribution in [0, 0.1) is 33.8 Å². The fraction of sp³-hybridized carbons (Fsp3) is 0.531. The summed E-state index contributed by atoms with van der Waals surface area (Å²) in [4.78, 5) is 117. The Bertz CT molecular complexity index is 2610. The number of nitrogens with zero attached hydrogens (tertiary/aromatic N) is 5. The Kier molecular flexibility index (Phi) is 20.5. The summed E-state index contributed by atoms with van der Waals surface area (Å²) in [7, 11) is -4.79. The van der Waals surface area contributed by atoms with Crippen molar-refractivity contribution in [2.24, 2.45) is 23.7 Å². The number of ketones is 1. The van der Waals surface area contributed by atoms with Crippen molar-refractivity contribution < 1.29 is 60.4 Å². The average Bonchev–Trinajstić information content (AvgIpc) is 3.79. The predicted octanol–water partition coefficient (Wildman–Crippen LogP) is 3.06. The molecule has 0 radical (unpaired) electrons. The molecule has 2 saturated heterocycles. The molecule has 74 heavy (non-hydrogen) atoms. The summed E-state index contributed by atoms with van der Waals surface area (Å²) in [5.74, 6) is -8.28. The molecule has 25 heteroatoms. The van der Waals surface area contributed by atoms with E-state index >= 15 is 0 Å². The first-order valence-corrected chi connectivity index (χ1v) is 25.8. The number of Topliss-reactive ketones (excluding diaryl/α,β-unsaturated/α-hetero) is 1. The Morgan fingerprint density at radius 2 is 1.58 bits per heavy atom. The molecule has 0 aliphatic carbocycles. The van der Waals surface area contributed by atoms with E-state index in [1.54, 1.807) is 53.8 Å². The van der Waals surface area contributed by atoms with E-state index in [2.05, 4.69) is 25.9 Å². The van der Waals surface area contributed by atoms with E-state index < -0.39 is 122 Å². The number of nitro benzene ring substituents is 1. The minimum Gasteiger partial charge on any atom is -0.372 e. The molecule has 2 aliphatic rings. The molecule has 2 fully saturated rings. The van der Waals surface area contributed by atoms with Gasteiger partial charge < -0.3 is 35.8 Å². The van der Waals surface area contributed by atoms with Gasteiger partial charge in [-0.25, -0.2) is 26.9 Å². The number of ether oxygens (including phenoxy) is 1. The second kappa shape index (κ2) is 26.3. The van der Waals surface area contributed by atoms with Gasteiger partial charge in [-0.3, -0.25) is 48.7 Å². The first-order valence-electron chi connectivity index (χ1n) is 24.3.